The SMILES string of the molecule is NC1CCN(C(=O)CNC(=O)c2ccccc2)CC1. The van der Waals surface area contributed by atoms with Crippen molar-refractivity contribution in [2.24, 2.45) is 5.73 Å². The second kappa shape index (κ2) is 6.33. The molecular formula is C14H19N3O2. The molecule has 5 nitrogen and oxygen atoms in total. The molecular weight excluding hydrogens is 242 g/mol. The lowest BCUT2D eigenvalue weighted by Gasteiger charge is -2.30. The Morgan fingerprint density at radius 3 is 2.47 bits per heavy atom. The van der Waals surface area contributed by atoms with Crippen molar-refractivity contribution in [2.45, 2.75) is 18.9 Å². The summed E-state index contributed by atoms with van der Waals surface area (Å²) in [6.45, 7) is 1.41. The molecule has 1 aliphatic heterocycles. The van der Waals surface area contributed by atoms with Crippen LogP contribution in [0.25, 0.3) is 0 Å². The van der Waals surface area contributed by atoms with Gasteiger partial charge in [0, 0.05) is 24.7 Å². The molecule has 0 aromatic heterocycles. The van der Waals surface area contributed by atoms with Gasteiger partial charge in [-0.2, -0.15) is 0 Å². The molecule has 0 bridgehead atoms. The lowest BCUT2D eigenvalue weighted by atomic mass is 10.1. The van der Waals surface area contributed by atoms with Gasteiger partial charge in [0.15, 0.2) is 0 Å². The number of amides is 2. The number of nitrogens with zero attached hydrogens (tertiary/aromatic N) is 1. The molecule has 3 N–H and O–H groups in total. The van der Waals surface area contributed by atoms with Crippen molar-refractivity contribution in [3.05, 3.63) is 35.9 Å². The highest BCUT2D eigenvalue weighted by molar-refractivity contribution is 5.96. The third-order valence-corrected chi connectivity index (χ3v) is 3.33. The molecule has 1 aliphatic rings. The minimum Gasteiger partial charge on any atom is -0.343 e. The summed E-state index contributed by atoms with van der Waals surface area (Å²) in [6, 6.07) is 9.08. The van der Waals surface area contributed by atoms with Gasteiger partial charge in [-0.3, -0.25) is 9.59 Å². The summed E-state index contributed by atoms with van der Waals surface area (Å²) in [7, 11) is 0. The summed E-state index contributed by atoms with van der Waals surface area (Å²) < 4.78 is 0. The highest BCUT2D eigenvalue weighted by atomic mass is 16.2. The zero-order valence-electron chi connectivity index (χ0n) is 10.8. The average Bonchev–Trinajstić information content (AvgIpc) is 2.46. The van der Waals surface area contributed by atoms with Crippen molar-refractivity contribution in [1.82, 2.24) is 10.2 Å². The average molecular weight is 261 g/mol. The topological polar surface area (TPSA) is 75.4 Å². The van der Waals surface area contributed by atoms with E-state index in [0.29, 0.717) is 18.7 Å². The van der Waals surface area contributed by atoms with Gasteiger partial charge in [0.1, 0.15) is 0 Å². The maximum Gasteiger partial charge on any atom is 0.251 e. The predicted octanol–water partition coefficient (Wildman–Crippen LogP) is 0.366. The van der Waals surface area contributed by atoms with Gasteiger partial charge in [0.25, 0.3) is 5.91 Å². The zero-order chi connectivity index (χ0) is 13.7. The lowest BCUT2D eigenvalue weighted by molar-refractivity contribution is -0.131. The van der Waals surface area contributed by atoms with Crippen molar-refractivity contribution in [2.75, 3.05) is 19.6 Å². The molecule has 1 heterocycles. The Labute approximate surface area is 112 Å². The predicted molar refractivity (Wildman–Crippen MR) is 72.6 cm³/mol. The van der Waals surface area contributed by atoms with Gasteiger partial charge in [-0.25, -0.2) is 0 Å². The third-order valence-electron chi connectivity index (χ3n) is 3.33. The highest BCUT2D eigenvalue weighted by Gasteiger charge is 2.20. The number of carbonyl (C=O) groups is 2. The van der Waals surface area contributed by atoms with Crippen LogP contribution in [-0.2, 0) is 4.79 Å². The number of nitrogens with one attached hydrogen (secondary N) is 1. The summed E-state index contributed by atoms with van der Waals surface area (Å²) in [6.07, 6.45) is 1.66. The first-order valence-electron chi connectivity index (χ1n) is 6.53. The van der Waals surface area contributed by atoms with E-state index in [4.69, 9.17) is 5.73 Å². The number of likely N-dealkylation sites (tertiary alicyclic amines) is 1. The van der Waals surface area contributed by atoms with Crippen molar-refractivity contribution in [3.8, 4) is 0 Å². The molecule has 0 aliphatic carbocycles. The van der Waals surface area contributed by atoms with Crippen LogP contribution in [-0.4, -0.2) is 42.4 Å². The van der Waals surface area contributed by atoms with Gasteiger partial charge in [-0.05, 0) is 25.0 Å². The van der Waals surface area contributed by atoms with Crippen LogP contribution >= 0.6 is 0 Å². The highest BCUT2D eigenvalue weighted by Crippen LogP contribution is 2.08. The van der Waals surface area contributed by atoms with E-state index in [9.17, 15) is 9.59 Å². The number of rotatable bonds is 3. The molecule has 0 saturated carbocycles. The van der Waals surface area contributed by atoms with Crippen LogP contribution in [0.3, 0.4) is 0 Å². The van der Waals surface area contributed by atoms with E-state index in [1.54, 1.807) is 29.2 Å². The zero-order valence-corrected chi connectivity index (χ0v) is 10.8. The first-order chi connectivity index (χ1) is 9.16. The van der Waals surface area contributed by atoms with E-state index >= 15 is 0 Å². The summed E-state index contributed by atoms with van der Waals surface area (Å²) >= 11 is 0. The minimum atomic E-state index is -0.220. The fourth-order valence-electron chi connectivity index (χ4n) is 2.11. The van der Waals surface area contributed by atoms with Gasteiger partial charge in [-0.1, -0.05) is 18.2 Å². The van der Waals surface area contributed by atoms with Crippen LogP contribution in [0, 0.1) is 0 Å². The monoisotopic (exact) mass is 261 g/mol. The molecule has 5 heteroatoms. The Kier molecular flexibility index (Phi) is 4.52. The van der Waals surface area contributed by atoms with Gasteiger partial charge < -0.3 is 16.0 Å². The molecule has 102 valence electrons. The van der Waals surface area contributed by atoms with E-state index < -0.39 is 0 Å². The number of hydrogen-bond acceptors (Lipinski definition) is 3. The Balaban J connectivity index is 1.79. The van der Waals surface area contributed by atoms with Gasteiger partial charge >= 0.3 is 0 Å². The molecule has 0 atom stereocenters. The molecule has 0 radical (unpaired) electrons. The van der Waals surface area contributed by atoms with Gasteiger partial charge in [0.05, 0.1) is 6.54 Å². The molecule has 0 spiro atoms. The normalized spacial score (nSPS) is 16.2. The Hall–Kier alpha value is -1.88. The molecule has 1 aromatic rings. The number of hydrogen-bond donors (Lipinski definition) is 2. The van der Waals surface area contributed by atoms with Crippen molar-refractivity contribution in [1.29, 1.82) is 0 Å². The Morgan fingerprint density at radius 1 is 1.21 bits per heavy atom. The molecule has 1 aromatic carbocycles. The fourth-order valence-corrected chi connectivity index (χ4v) is 2.11. The van der Waals surface area contributed by atoms with Crippen molar-refractivity contribution in [3.63, 3.8) is 0 Å². The molecule has 2 amide bonds. The Morgan fingerprint density at radius 2 is 1.84 bits per heavy atom. The molecule has 1 fully saturated rings. The largest absolute Gasteiger partial charge is 0.343 e. The van der Waals surface area contributed by atoms with Crippen LogP contribution in [0.4, 0.5) is 0 Å². The second-order valence-corrected chi connectivity index (χ2v) is 4.77. The molecule has 1 saturated heterocycles. The van der Waals surface area contributed by atoms with Crippen molar-refractivity contribution >= 4 is 11.8 Å². The summed E-state index contributed by atoms with van der Waals surface area (Å²) in [4.78, 5) is 25.5. The van der Waals surface area contributed by atoms with Crippen LogP contribution in [0.5, 0.6) is 0 Å². The van der Waals surface area contributed by atoms with E-state index in [2.05, 4.69) is 5.32 Å². The first-order valence-corrected chi connectivity index (χ1v) is 6.53. The standard InChI is InChI=1S/C14H19N3O2/c15-12-6-8-17(9-7-12)13(18)10-16-14(19)11-4-2-1-3-5-11/h1-5,12H,6-10,15H2,(H,16,19). The van der Waals surface area contributed by atoms with Crippen LogP contribution in [0.2, 0.25) is 0 Å². The van der Waals surface area contributed by atoms with Crippen molar-refractivity contribution < 1.29 is 9.59 Å². The van der Waals surface area contributed by atoms with E-state index in [0.717, 1.165) is 12.8 Å². The first kappa shape index (κ1) is 13.5. The van der Waals surface area contributed by atoms with Crippen LogP contribution in [0.1, 0.15) is 23.2 Å². The number of nitrogens with two attached hydrogens (primary N) is 1. The van der Waals surface area contributed by atoms with Gasteiger partial charge in [-0.15, -0.1) is 0 Å². The molecule has 2 rings (SSSR count). The van der Waals surface area contributed by atoms with E-state index in [1.165, 1.54) is 0 Å². The van der Waals surface area contributed by atoms with Crippen LogP contribution in [0.15, 0.2) is 30.3 Å². The third kappa shape index (κ3) is 3.79. The summed E-state index contributed by atoms with van der Waals surface area (Å²) in [5.74, 6) is -0.265. The quantitative estimate of drug-likeness (QED) is 0.825. The van der Waals surface area contributed by atoms with Crippen LogP contribution < -0.4 is 11.1 Å². The maximum absolute atomic E-state index is 11.9. The second-order valence-electron chi connectivity index (χ2n) is 4.77. The molecule has 0 unspecified atom stereocenters. The minimum absolute atomic E-state index is 0.0446. The Bertz CT molecular complexity index is 439. The van der Waals surface area contributed by atoms with E-state index in [-0.39, 0.29) is 24.4 Å². The van der Waals surface area contributed by atoms with Gasteiger partial charge in [0.2, 0.25) is 5.91 Å². The van der Waals surface area contributed by atoms with E-state index in [1.807, 2.05) is 6.07 Å². The smallest absolute Gasteiger partial charge is 0.251 e. The number of benzene rings is 1. The number of carbonyl (C=O) groups excluding carboxylic acids is 2. The lowest BCUT2D eigenvalue weighted by Crippen LogP contribution is -2.46. The summed E-state index contributed by atoms with van der Waals surface area (Å²) in [5.41, 5.74) is 6.35. The fraction of sp³-hybridized carbons (Fsp3) is 0.429. The maximum atomic E-state index is 11.9. The summed E-state index contributed by atoms with van der Waals surface area (Å²) in [5, 5.41) is 2.65. The number of piperidine rings is 1. The molecule has 19 heavy (non-hydrogen) atoms.